The van der Waals surface area contributed by atoms with Crippen molar-refractivity contribution in [1.82, 2.24) is 30.5 Å². The van der Waals surface area contributed by atoms with Crippen LogP contribution in [-0.4, -0.2) is 44.8 Å². The zero-order valence-electron chi connectivity index (χ0n) is 15.8. The summed E-state index contributed by atoms with van der Waals surface area (Å²) in [5, 5.41) is 19.3. The van der Waals surface area contributed by atoms with Crippen molar-refractivity contribution < 1.29 is 0 Å². The topological polar surface area (TPSA) is 83.8 Å². The minimum atomic E-state index is 0.394. The maximum Gasteiger partial charge on any atom is 0.248 e. The number of nitrogens with one attached hydrogen (secondary N) is 2. The number of hydrogen-bond donors (Lipinski definition) is 2. The van der Waals surface area contributed by atoms with E-state index in [4.69, 9.17) is 23.2 Å². The molecule has 3 heterocycles. The molecular weight excluding hydrogens is 411 g/mol. The van der Waals surface area contributed by atoms with Gasteiger partial charge in [-0.25, -0.2) is 4.98 Å². The van der Waals surface area contributed by atoms with Crippen LogP contribution in [-0.2, 0) is 6.54 Å². The van der Waals surface area contributed by atoms with Gasteiger partial charge in [0.2, 0.25) is 5.95 Å². The third kappa shape index (κ3) is 4.28. The van der Waals surface area contributed by atoms with Gasteiger partial charge in [-0.2, -0.15) is 4.68 Å². The molecule has 0 bridgehead atoms. The average molecular weight is 431 g/mol. The summed E-state index contributed by atoms with van der Waals surface area (Å²) >= 11 is 12.5. The molecule has 29 heavy (non-hydrogen) atoms. The molecule has 0 amide bonds. The second kappa shape index (κ2) is 8.67. The number of hydrogen-bond acceptors (Lipinski definition) is 7. The van der Waals surface area contributed by atoms with Gasteiger partial charge in [0.05, 0.1) is 15.7 Å². The normalized spacial score (nSPS) is 14.2. The van der Waals surface area contributed by atoms with Crippen LogP contribution in [0.25, 0.3) is 5.69 Å². The summed E-state index contributed by atoms with van der Waals surface area (Å²) in [4.78, 5) is 6.88. The Morgan fingerprint density at radius 1 is 1.21 bits per heavy atom. The van der Waals surface area contributed by atoms with Gasteiger partial charge in [-0.3, -0.25) is 0 Å². The molecule has 0 fully saturated rings. The Kier molecular flexibility index (Phi) is 5.82. The van der Waals surface area contributed by atoms with E-state index in [1.54, 1.807) is 12.1 Å². The second-order valence-corrected chi connectivity index (χ2v) is 7.48. The van der Waals surface area contributed by atoms with E-state index in [1.807, 2.05) is 24.4 Å². The highest BCUT2D eigenvalue weighted by Gasteiger charge is 2.17. The van der Waals surface area contributed by atoms with E-state index in [2.05, 4.69) is 49.2 Å². The fraction of sp³-hybridized carbons (Fsp3) is 0.263. The Hall–Kier alpha value is -2.84. The van der Waals surface area contributed by atoms with Crippen molar-refractivity contribution in [2.24, 2.45) is 0 Å². The van der Waals surface area contributed by atoms with Crippen LogP contribution < -0.4 is 15.5 Å². The van der Waals surface area contributed by atoms with Crippen LogP contribution in [0.15, 0.2) is 48.3 Å². The third-order valence-electron chi connectivity index (χ3n) is 4.55. The van der Waals surface area contributed by atoms with E-state index in [0.29, 0.717) is 28.2 Å². The summed E-state index contributed by atoms with van der Waals surface area (Å²) in [6.45, 7) is 5.18. The lowest BCUT2D eigenvalue weighted by molar-refractivity contribution is 0.781. The van der Waals surface area contributed by atoms with Gasteiger partial charge in [0, 0.05) is 37.9 Å². The van der Waals surface area contributed by atoms with Gasteiger partial charge in [-0.05, 0) is 47.3 Å². The third-order valence-corrected chi connectivity index (χ3v) is 5.36. The molecule has 0 spiro atoms. The van der Waals surface area contributed by atoms with Gasteiger partial charge < -0.3 is 15.5 Å². The van der Waals surface area contributed by atoms with Crippen LogP contribution >= 0.6 is 23.2 Å². The van der Waals surface area contributed by atoms with Gasteiger partial charge >= 0.3 is 0 Å². The summed E-state index contributed by atoms with van der Waals surface area (Å²) in [5.41, 5.74) is 2.91. The summed E-state index contributed by atoms with van der Waals surface area (Å²) in [6.07, 6.45) is 3.87. The molecule has 1 aromatic carbocycles. The Labute approximate surface area is 178 Å². The minimum Gasteiger partial charge on any atom is -0.389 e. The Morgan fingerprint density at radius 2 is 2.10 bits per heavy atom. The van der Waals surface area contributed by atoms with Crippen LogP contribution in [0.3, 0.4) is 0 Å². The van der Waals surface area contributed by atoms with Crippen LogP contribution in [0.2, 0.25) is 10.0 Å². The first-order valence-electron chi connectivity index (χ1n) is 9.18. The maximum atomic E-state index is 6.33. The zero-order valence-corrected chi connectivity index (χ0v) is 17.3. The Balaban J connectivity index is 1.56. The monoisotopic (exact) mass is 430 g/mol. The number of tetrazole rings is 1. The number of anilines is 2. The number of benzene rings is 1. The molecule has 150 valence electrons. The van der Waals surface area contributed by atoms with Crippen LogP contribution in [0.1, 0.15) is 12.5 Å². The van der Waals surface area contributed by atoms with E-state index in [-0.39, 0.29) is 0 Å². The van der Waals surface area contributed by atoms with Crippen molar-refractivity contribution in [3.63, 3.8) is 0 Å². The van der Waals surface area contributed by atoms with Crippen LogP contribution in [0, 0.1) is 0 Å². The number of halogens is 2. The van der Waals surface area contributed by atoms with Gasteiger partial charge in [0.15, 0.2) is 0 Å². The quantitative estimate of drug-likeness (QED) is 0.642. The molecule has 0 radical (unpaired) electrons. The Bertz CT molecular complexity index is 1030. The van der Waals surface area contributed by atoms with Crippen molar-refractivity contribution in [2.75, 3.05) is 29.9 Å². The largest absolute Gasteiger partial charge is 0.389 e. The molecule has 0 saturated carbocycles. The first-order chi connectivity index (χ1) is 14.1. The van der Waals surface area contributed by atoms with Gasteiger partial charge in [-0.1, -0.05) is 40.4 Å². The van der Waals surface area contributed by atoms with E-state index in [9.17, 15) is 0 Å². The summed E-state index contributed by atoms with van der Waals surface area (Å²) < 4.78 is 1.53. The zero-order chi connectivity index (χ0) is 20.2. The molecule has 0 unspecified atom stereocenters. The van der Waals surface area contributed by atoms with Gasteiger partial charge in [0.1, 0.15) is 5.82 Å². The Morgan fingerprint density at radius 3 is 3.00 bits per heavy atom. The SMILES string of the molecule is CC1=CNCCN(c2ncccc2CNc2nnnn2-c2cccc(Cl)c2Cl)C1. The predicted octanol–water partition coefficient (Wildman–Crippen LogP) is 3.29. The first kappa shape index (κ1) is 19.5. The van der Waals surface area contributed by atoms with Crippen molar-refractivity contribution in [1.29, 1.82) is 0 Å². The van der Waals surface area contributed by atoms with Crippen LogP contribution in [0.4, 0.5) is 11.8 Å². The molecule has 1 aliphatic heterocycles. The summed E-state index contributed by atoms with van der Waals surface area (Å²) in [6, 6.07) is 9.31. The highest BCUT2D eigenvalue weighted by atomic mass is 35.5. The molecule has 10 heteroatoms. The maximum absolute atomic E-state index is 6.33. The van der Waals surface area contributed by atoms with E-state index < -0.39 is 0 Å². The minimum absolute atomic E-state index is 0.394. The average Bonchev–Trinajstić information content (AvgIpc) is 3.08. The molecule has 0 saturated heterocycles. The predicted molar refractivity (Wildman–Crippen MR) is 115 cm³/mol. The molecule has 1 aliphatic rings. The van der Waals surface area contributed by atoms with E-state index in [0.717, 1.165) is 31.0 Å². The molecule has 0 aliphatic carbocycles. The van der Waals surface area contributed by atoms with Crippen LogP contribution in [0.5, 0.6) is 0 Å². The van der Waals surface area contributed by atoms with E-state index in [1.165, 1.54) is 10.3 Å². The standard InChI is InChI=1S/C19H20Cl2N8/c1-13-10-22-8-9-28(12-13)18-14(4-3-7-23-18)11-24-19-25-26-27-29(19)16-6-2-5-15(20)17(16)21/h2-7,10,22H,8-9,11-12H2,1H3,(H,24,25,27). The first-order valence-corrected chi connectivity index (χ1v) is 9.93. The number of rotatable bonds is 5. The fourth-order valence-electron chi connectivity index (χ4n) is 3.20. The smallest absolute Gasteiger partial charge is 0.248 e. The highest BCUT2D eigenvalue weighted by molar-refractivity contribution is 6.43. The lowest BCUT2D eigenvalue weighted by Gasteiger charge is -2.24. The number of aromatic nitrogens is 5. The summed E-state index contributed by atoms with van der Waals surface area (Å²) in [7, 11) is 0. The lowest BCUT2D eigenvalue weighted by atomic mass is 10.2. The molecule has 2 aromatic heterocycles. The molecule has 0 atom stereocenters. The molecule has 3 aromatic rings. The fourth-order valence-corrected chi connectivity index (χ4v) is 3.57. The number of nitrogens with zero attached hydrogens (tertiary/aromatic N) is 6. The molecule has 4 rings (SSSR count). The van der Waals surface area contributed by atoms with Gasteiger partial charge in [0.25, 0.3) is 0 Å². The van der Waals surface area contributed by atoms with Crippen molar-refractivity contribution in [3.05, 3.63) is 63.9 Å². The van der Waals surface area contributed by atoms with Gasteiger partial charge in [-0.15, -0.1) is 0 Å². The van der Waals surface area contributed by atoms with E-state index >= 15 is 0 Å². The highest BCUT2D eigenvalue weighted by Crippen LogP contribution is 2.29. The molecular formula is C19H20Cl2N8. The number of pyridine rings is 1. The molecule has 2 N–H and O–H groups in total. The second-order valence-electron chi connectivity index (χ2n) is 6.69. The van der Waals surface area contributed by atoms with Crippen molar-refractivity contribution in [2.45, 2.75) is 13.5 Å². The lowest BCUT2D eigenvalue weighted by Crippen LogP contribution is -2.30. The summed E-state index contributed by atoms with van der Waals surface area (Å²) in [5.74, 6) is 1.41. The van der Waals surface area contributed by atoms with Crippen molar-refractivity contribution in [3.8, 4) is 5.69 Å². The van der Waals surface area contributed by atoms with Crippen molar-refractivity contribution >= 4 is 35.0 Å². The molecule has 8 nitrogen and oxygen atoms in total.